The minimum absolute atomic E-state index is 0.0288. The highest BCUT2D eigenvalue weighted by Crippen LogP contribution is 2.28. The van der Waals surface area contributed by atoms with E-state index in [1.165, 1.54) is 13.2 Å². The Morgan fingerprint density at radius 1 is 1.60 bits per heavy atom. The molecule has 1 aromatic carbocycles. The molecule has 3 N–H and O–H groups in total. The third-order valence-corrected chi connectivity index (χ3v) is 2.80. The SMILES string of the molecule is COCC(CO)NC(=O)c1ccc2c(c1)NC(=O)CO2. The van der Waals surface area contributed by atoms with E-state index >= 15 is 0 Å². The number of carbonyl (C=O) groups is 2. The smallest absolute Gasteiger partial charge is 0.262 e. The number of aliphatic hydroxyl groups is 1. The Hall–Kier alpha value is -2.12. The van der Waals surface area contributed by atoms with Crippen molar-refractivity contribution >= 4 is 17.5 Å². The van der Waals surface area contributed by atoms with E-state index in [1.54, 1.807) is 12.1 Å². The predicted molar refractivity (Wildman–Crippen MR) is 70.8 cm³/mol. The van der Waals surface area contributed by atoms with Crippen LogP contribution in [0.15, 0.2) is 18.2 Å². The van der Waals surface area contributed by atoms with Crippen LogP contribution in [0.3, 0.4) is 0 Å². The normalized spacial score (nSPS) is 14.8. The van der Waals surface area contributed by atoms with Gasteiger partial charge in [0, 0.05) is 12.7 Å². The number of carbonyl (C=O) groups excluding carboxylic acids is 2. The Kier molecular flexibility index (Phi) is 4.54. The van der Waals surface area contributed by atoms with Gasteiger partial charge in [-0.3, -0.25) is 9.59 Å². The second kappa shape index (κ2) is 6.36. The monoisotopic (exact) mass is 280 g/mol. The number of aliphatic hydroxyl groups excluding tert-OH is 1. The fourth-order valence-electron chi connectivity index (χ4n) is 1.83. The van der Waals surface area contributed by atoms with Crippen LogP contribution >= 0.6 is 0 Å². The molecule has 1 aliphatic heterocycles. The molecule has 1 aliphatic rings. The van der Waals surface area contributed by atoms with E-state index in [0.29, 0.717) is 17.0 Å². The zero-order valence-electron chi connectivity index (χ0n) is 11.0. The first kappa shape index (κ1) is 14.3. The van der Waals surface area contributed by atoms with Crippen molar-refractivity contribution in [2.75, 3.05) is 32.2 Å². The third-order valence-electron chi connectivity index (χ3n) is 2.80. The van der Waals surface area contributed by atoms with Gasteiger partial charge in [-0.1, -0.05) is 0 Å². The summed E-state index contributed by atoms with van der Waals surface area (Å²) in [5.41, 5.74) is 0.824. The molecule has 20 heavy (non-hydrogen) atoms. The van der Waals surface area contributed by atoms with Crippen LogP contribution in [0.4, 0.5) is 5.69 Å². The lowest BCUT2D eigenvalue weighted by molar-refractivity contribution is -0.118. The molecule has 2 rings (SSSR count). The molecule has 2 amide bonds. The van der Waals surface area contributed by atoms with Gasteiger partial charge in [0.25, 0.3) is 11.8 Å². The van der Waals surface area contributed by atoms with E-state index in [2.05, 4.69) is 10.6 Å². The van der Waals surface area contributed by atoms with Crippen molar-refractivity contribution in [1.82, 2.24) is 5.32 Å². The topological polar surface area (TPSA) is 96.9 Å². The quantitative estimate of drug-likeness (QED) is 0.691. The molecule has 0 fully saturated rings. The summed E-state index contributed by atoms with van der Waals surface area (Å²) in [6.45, 7) is -0.0314. The Labute approximate surface area is 115 Å². The van der Waals surface area contributed by atoms with Crippen LogP contribution in [-0.2, 0) is 9.53 Å². The number of hydrogen-bond acceptors (Lipinski definition) is 5. The summed E-state index contributed by atoms with van der Waals surface area (Å²) < 4.78 is 10.1. The van der Waals surface area contributed by atoms with Crippen molar-refractivity contribution < 1.29 is 24.2 Å². The van der Waals surface area contributed by atoms with Crippen molar-refractivity contribution in [2.24, 2.45) is 0 Å². The van der Waals surface area contributed by atoms with Crippen LogP contribution in [0.1, 0.15) is 10.4 Å². The van der Waals surface area contributed by atoms with Crippen molar-refractivity contribution in [3.63, 3.8) is 0 Å². The molecular formula is C13H16N2O5. The van der Waals surface area contributed by atoms with Crippen molar-refractivity contribution in [3.8, 4) is 5.75 Å². The van der Waals surface area contributed by atoms with E-state index in [1.807, 2.05) is 0 Å². The van der Waals surface area contributed by atoms with Gasteiger partial charge in [-0.25, -0.2) is 0 Å². The van der Waals surface area contributed by atoms with Crippen LogP contribution in [-0.4, -0.2) is 49.9 Å². The van der Waals surface area contributed by atoms with Gasteiger partial charge in [0.15, 0.2) is 6.61 Å². The standard InChI is InChI=1S/C13H16N2O5/c1-19-6-9(5-16)14-13(18)8-2-3-11-10(4-8)15-12(17)7-20-11/h2-4,9,16H,5-7H2,1H3,(H,14,18)(H,15,17). The fourth-order valence-corrected chi connectivity index (χ4v) is 1.83. The molecule has 1 unspecified atom stereocenters. The van der Waals surface area contributed by atoms with Crippen LogP contribution < -0.4 is 15.4 Å². The van der Waals surface area contributed by atoms with E-state index < -0.39 is 6.04 Å². The summed E-state index contributed by atoms with van der Waals surface area (Å²) in [6.07, 6.45) is 0. The Morgan fingerprint density at radius 2 is 2.40 bits per heavy atom. The third kappa shape index (κ3) is 3.25. The highest BCUT2D eigenvalue weighted by Gasteiger charge is 2.19. The summed E-state index contributed by atoms with van der Waals surface area (Å²) in [7, 11) is 1.49. The number of anilines is 1. The maximum absolute atomic E-state index is 12.0. The molecule has 1 atom stereocenters. The highest BCUT2D eigenvalue weighted by atomic mass is 16.5. The van der Waals surface area contributed by atoms with Crippen LogP contribution in [0.25, 0.3) is 0 Å². The summed E-state index contributed by atoms with van der Waals surface area (Å²) in [5.74, 6) is -0.0943. The maximum atomic E-state index is 12.0. The zero-order chi connectivity index (χ0) is 14.5. The largest absolute Gasteiger partial charge is 0.482 e. The van der Waals surface area contributed by atoms with Gasteiger partial charge in [0.05, 0.1) is 24.9 Å². The minimum Gasteiger partial charge on any atom is -0.482 e. The molecule has 0 saturated heterocycles. The lowest BCUT2D eigenvalue weighted by Gasteiger charge is -2.19. The molecule has 0 spiro atoms. The molecule has 7 nitrogen and oxygen atoms in total. The van der Waals surface area contributed by atoms with Crippen LogP contribution in [0.5, 0.6) is 5.75 Å². The molecule has 0 bridgehead atoms. The molecular weight excluding hydrogens is 264 g/mol. The number of methoxy groups -OCH3 is 1. The molecule has 1 aromatic rings. The first-order valence-corrected chi connectivity index (χ1v) is 6.11. The van der Waals surface area contributed by atoms with Gasteiger partial charge in [0.1, 0.15) is 5.75 Å². The van der Waals surface area contributed by atoms with Gasteiger partial charge >= 0.3 is 0 Å². The Bertz CT molecular complexity index is 517. The minimum atomic E-state index is -0.477. The number of fused-ring (bicyclic) bond motifs is 1. The van der Waals surface area contributed by atoms with Gasteiger partial charge in [-0.15, -0.1) is 0 Å². The summed E-state index contributed by atoms with van der Waals surface area (Å²) in [4.78, 5) is 23.3. The van der Waals surface area contributed by atoms with E-state index in [4.69, 9.17) is 14.6 Å². The van der Waals surface area contributed by atoms with Crippen LogP contribution in [0, 0.1) is 0 Å². The second-order valence-electron chi connectivity index (χ2n) is 4.36. The fraction of sp³-hybridized carbons (Fsp3) is 0.385. The van der Waals surface area contributed by atoms with E-state index in [0.717, 1.165) is 0 Å². The second-order valence-corrected chi connectivity index (χ2v) is 4.36. The zero-order valence-corrected chi connectivity index (χ0v) is 11.0. The summed E-state index contributed by atoms with van der Waals surface area (Å²) in [6, 6.07) is 4.26. The van der Waals surface area contributed by atoms with E-state index in [-0.39, 0.29) is 31.6 Å². The molecule has 0 saturated carbocycles. The Balaban J connectivity index is 2.10. The van der Waals surface area contributed by atoms with Gasteiger partial charge in [0.2, 0.25) is 0 Å². The number of hydrogen-bond donors (Lipinski definition) is 3. The van der Waals surface area contributed by atoms with Gasteiger partial charge in [-0.2, -0.15) is 0 Å². The first-order valence-electron chi connectivity index (χ1n) is 6.11. The number of rotatable bonds is 5. The average molecular weight is 280 g/mol. The van der Waals surface area contributed by atoms with E-state index in [9.17, 15) is 9.59 Å². The number of amides is 2. The lowest BCUT2D eigenvalue weighted by atomic mass is 10.1. The van der Waals surface area contributed by atoms with Crippen LogP contribution in [0.2, 0.25) is 0 Å². The van der Waals surface area contributed by atoms with Gasteiger partial charge < -0.3 is 25.2 Å². The summed E-state index contributed by atoms with van der Waals surface area (Å²) >= 11 is 0. The van der Waals surface area contributed by atoms with Gasteiger partial charge in [-0.05, 0) is 18.2 Å². The highest BCUT2D eigenvalue weighted by molar-refractivity contribution is 5.99. The molecule has 1 heterocycles. The lowest BCUT2D eigenvalue weighted by Crippen LogP contribution is -2.40. The average Bonchev–Trinajstić information content (AvgIpc) is 2.45. The maximum Gasteiger partial charge on any atom is 0.262 e. The molecule has 108 valence electrons. The predicted octanol–water partition coefficient (Wildman–Crippen LogP) is -0.245. The number of benzene rings is 1. The molecule has 0 aliphatic carbocycles. The molecule has 0 aromatic heterocycles. The molecule has 7 heteroatoms. The Morgan fingerprint density at radius 3 is 3.10 bits per heavy atom. The van der Waals surface area contributed by atoms with Crippen molar-refractivity contribution in [2.45, 2.75) is 6.04 Å². The first-order chi connectivity index (χ1) is 9.63. The van der Waals surface area contributed by atoms with Crippen molar-refractivity contribution in [1.29, 1.82) is 0 Å². The van der Waals surface area contributed by atoms with Crippen molar-refractivity contribution in [3.05, 3.63) is 23.8 Å². The number of ether oxygens (including phenoxy) is 2. The summed E-state index contributed by atoms with van der Waals surface area (Å²) in [5, 5.41) is 14.4. The molecule has 0 radical (unpaired) electrons. The number of nitrogens with one attached hydrogen (secondary N) is 2.